The van der Waals surface area contributed by atoms with Crippen LogP contribution in [0.5, 0.6) is 5.75 Å². The second kappa shape index (κ2) is 8.67. The SMILES string of the molecule is C/C(=C\c1cccc(OCC(F)(F)C(F)(F)C(F)(F)F)c1)C(=O)N[n+]1ccccn1. The van der Waals surface area contributed by atoms with Crippen molar-refractivity contribution in [1.82, 2.24) is 5.10 Å². The normalized spacial score (nSPS) is 13.1. The van der Waals surface area contributed by atoms with Crippen LogP contribution in [-0.4, -0.2) is 35.6 Å². The monoisotopic (exact) mass is 438 g/mol. The van der Waals surface area contributed by atoms with Crippen molar-refractivity contribution < 1.29 is 45.1 Å². The Hall–Kier alpha value is -3.18. The highest BCUT2D eigenvalue weighted by molar-refractivity contribution is 6.01. The number of hydrogen-bond donors (Lipinski definition) is 1. The molecule has 2 rings (SSSR count). The molecule has 0 fully saturated rings. The molecule has 0 atom stereocenters. The number of nitrogens with zero attached hydrogens (tertiary/aromatic N) is 2. The number of amides is 1. The fraction of sp³-hybridized carbons (Fsp3) is 0.278. The lowest BCUT2D eigenvalue weighted by Gasteiger charge is -2.27. The van der Waals surface area contributed by atoms with E-state index in [0.29, 0.717) is 0 Å². The fourth-order valence-corrected chi connectivity index (χ4v) is 2.07. The first-order valence-electron chi connectivity index (χ1n) is 8.21. The Morgan fingerprint density at radius 3 is 2.43 bits per heavy atom. The Labute approximate surface area is 165 Å². The van der Waals surface area contributed by atoms with Crippen LogP contribution >= 0.6 is 0 Å². The third-order valence-electron chi connectivity index (χ3n) is 3.67. The van der Waals surface area contributed by atoms with E-state index < -0.39 is 30.5 Å². The van der Waals surface area contributed by atoms with Gasteiger partial charge in [-0.05, 0) is 36.8 Å². The molecule has 162 valence electrons. The fourth-order valence-electron chi connectivity index (χ4n) is 2.07. The van der Waals surface area contributed by atoms with Crippen molar-refractivity contribution in [2.24, 2.45) is 0 Å². The van der Waals surface area contributed by atoms with Gasteiger partial charge in [-0.15, -0.1) is 0 Å². The van der Waals surface area contributed by atoms with Gasteiger partial charge < -0.3 is 4.74 Å². The number of benzene rings is 1. The number of carbonyl (C=O) groups is 1. The van der Waals surface area contributed by atoms with Crippen LogP contribution < -0.4 is 15.0 Å². The molecule has 2 aromatic rings. The summed E-state index contributed by atoms with van der Waals surface area (Å²) in [7, 11) is 0. The first kappa shape index (κ1) is 23.1. The second-order valence-electron chi connectivity index (χ2n) is 6.05. The quantitative estimate of drug-likeness (QED) is 0.407. The van der Waals surface area contributed by atoms with E-state index in [1.807, 2.05) is 0 Å². The molecule has 0 bridgehead atoms. The lowest BCUT2D eigenvalue weighted by Crippen LogP contribution is -2.54. The smallest absolute Gasteiger partial charge is 0.460 e. The van der Waals surface area contributed by atoms with Crippen LogP contribution in [0.25, 0.3) is 6.08 Å². The predicted molar refractivity (Wildman–Crippen MR) is 90.3 cm³/mol. The van der Waals surface area contributed by atoms with Crippen molar-refractivity contribution in [3.05, 3.63) is 59.9 Å². The maximum absolute atomic E-state index is 13.3. The van der Waals surface area contributed by atoms with Gasteiger partial charge in [-0.2, -0.15) is 30.7 Å². The lowest BCUT2D eigenvalue weighted by molar-refractivity contribution is -0.703. The summed E-state index contributed by atoms with van der Waals surface area (Å²) in [5, 5.41) is 3.83. The zero-order valence-electron chi connectivity index (χ0n) is 15.3. The van der Waals surface area contributed by atoms with E-state index in [-0.39, 0.29) is 16.9 Å². The minimum absolute atomic E-state index is 0.166. The Morgan fingerprint density at radius 2 is 1.83 bits per heavy atom. The first-order valence-corrected chi connectivity index (χ1v) is 8.21. The van der Waals surface area contributed by atoms with Crippen molar-refractivity contribution in [2.75, 3.05) is 12.0 Å². The summed E-state index contributed by atoms with van der Waals surface area (Å²) in [5.41, 5.74) is 2.86. The molecule has 1 amide bonds. The number of carbonyl (C=O) groups excluding carboxylic acids is 1. The molecule has 1 aromatic heterocycles. The molecule has 1 N–H and O–H groups in total. The summed E-state index contributed by atoms with van der Waals surface area (Å²) >= 11 is 0. The molecule has 0 saturated carbocycles. The minimum atomic E-state index is -6.43. The van der Waals surface area contributed by atoms with E-state index in [2.05, 4.69) is 15.3 Å². The van der Waals surface area contributed by atoms with Crippen molar-refractivity contribution in [3.63, 3.8) is 0 Å². The van der Waals surface area contributed by atoms with Crippen LogP contribution in [0.15, 0.2) is 54.4 Å². The van der Waals surface area contributed by atoms with Crippen molar-refractivity contribution >= 4 is 12.0 Å². The summed E-state index contributed by atoms with van der Waals surface area (Å²) in [4.78, 5) is 13.2. The summed E-state index contributed by atoms with van der Waals surface area (Å²) in [6.07, 6.45) is -2.20. The highest BCUT2D eigenvalue weighted by Gasteiger charge is 2.73. The molecule has 0 spiro atoms. The number of halogens is 7. The number of hydrogen-bond acceptors (Lipinski definition) is 3. The molecule has 1 heterocycles. The predicted octanol–water partition coefficient (Wildman–Crippen LogP) is 3.75. The van der Waals surface area contributed by atoms with Gasteiger partial charge in [-0.25, -0.2) is 0 Å². The van der Waals surface area contributed by atoms with Crippen LogP contribution in [0.4, 0.5) is 30.7 Å². The van der Waals surface area contributed by atoms with E-state index in [4.69, 9.17) is 0 Å². The summed E-state index contributed by atoms with van der Waals surface area (Å²) < 4.78 is 93.4. The molecule has 5 nitrogen and oxygen atoms in total. The van der Waals surface area contributed by atoms with Gasteiger partial charge in [0.15, 0.2) is 6.61 Å². The van der Waals surface area contributed by atoms with Gasteiger partial charge in [0.1, 0.15) is 5.75 Å². The Morgan fingerprint density at radius 1 is 1.13 bits per heavy atom. The molecule has 12 heteroatoms. The summed E-state index contributed by atoms with van der Waals surface area (Å²) in [6, 6.07) is 8.18. The highest BCUT2D eigenvalue weighted by atomic mass is 19.4. The first-order chi connectivity index (χ1) is 13.8. The van der Waals surface area contributed by atoms with Gasteiger partial charge in [0, 0.05) is 21.5 Å². The average molecular weight is 438 g/mol. The highest BCUT2D eigenvalue weighted by Crippen LogP contribution is 2.46. The number of ether oxygens (including phenoxy) is 1. The Bertz CT molecular complexity index is 915. The molecular formula is C18H15F7N3O2+. The van der Waals surface area contributed by atoms with Crippen molar-refractivity contribution in [2.45, 2.75) is 24.9 Å². The molecule has 30 heavy (non-hydrogen) atoms. The van der Waals surface area contributed by atoms with Gasteiger partial charge in [0.25, 0.3) is 0 Å². The van der Waals surface area contributed by atoms with Crippen LogP contribution in [0.2, 0.25) is 0 Å². The Kier molecular flexibility index (Phi) is 6.68. The molecule has 0 radical (unpaired) electrons. The zero-order chi connectivity index (χ0) is 22.6. The topological polar surface area (TPSA) is 55.1 Å². The van der Waals surface area contributed by atoms with Gasteiger partial charge in [0.2, 0.25) is 6.20 Å². The third-order valence-corrected chi connectivity index (χ3v) is 3.67. The maximum atomic E-state index is 13.3. The van der Waals surface area contributed by atoms with E-state index in [1.165, 1.54) is 37.5 Å². The zero-order valence-corrected chi connectivity index (χ0v) is 15.3. The summed E-state index contributed by atoms with van der Waals surface area (Å²) in [5.74, 6) is -12.7. The lowest BCUT2D eigenvalue weighted by atomic mass is 10.1. The molecule has 0 saturated heterocycles. The summed E-state index contributed by atoms with van der Waals surface area (Å²) in [6.45, 7) is -0.757. The van der Waals surface area contributed by atoms with E-state index in [0.717, 1.165) is 16.9 Å². The molecule has 0 unspecified atom stereocenters. The number of alkyl halides is 7. The maximum Gasteiger partial charge on any atom is 0.460 e. The second-order valence-corrected chi connectivity index (χ2v) is 6.05. The number of rotatable bonds is 7. The van der Waals surface area contributed by atoms with Crippen molar-refractivity contribution in [1.29, 1.82) is 0 Å². The van der Waals surface area contributed by atoms with E-state index in [1.54, 1.807) is 12.1 Å². The molecule has 0 aliphatic rings. The molecule has 1 aromatic carbocycles. The number of aromatic nitrogens is 2. The standard InChI is InChI=1S/C18H14F7N3O2/c1-12(15(29)27-28-8-3-2-7-26-28)9-13-5-4-6-14(10-13)30-11-16(19,20)17(21,22)18(23,24)25/h2-10H,11H2,1H3/p+1/b12-9+. The van der Waals surface area contributed by atoms with Crippen LogP contribution in [0.3, 0.4) is 0 Å². The third kappa shape index (κ3) is 5.45. The van der Waals surface area contributed by atoms with E-state index >= 15 is 0 Å². The van der Waals surface area contributed by atoms with Crippen LogP contribution in [0.1, 0.15) is 12.5 Å². The van der Waals surface area contributed by atoms with Gasteiger partial charge >= 0.3 is 23.9 Å². The average Bonchev–Trinajstić information content (AvgIpc) is 2.66. The van der Waals surface area contributed by atoms with Crippen LogP contribution in [0, 0.1) is 0 Å². The van der Waals surface area contributed by atoms with Crippen molar-refractivity contribution in [3.8, 4) is 5.75 Å². The Balaban J connectivity index is 2.09. The molecule has 0 aliphatic carbocycles. The number of nitrogens with one attached hydrogen (secondary N) is 1. The molecule has 0 aliphatic heterocycles. The van der Waals surface area contributed by atoms with Gasteiger partial charge in [-0.3, -0.25) is 4.79 Å². The van der Waals surface area contributed by atoms with Gasteiger partial charge in [-0.1, -0.05) is 17.6 Å². The largest absolute Gasteiger partial charge is 0.487 e. The van der Waals surface area contributed by atoms with E-state index in [9.17, 15) is 35.5 Å². The van der Waals surface area contributed by atoms with Crippen LogP contribution in [-0.2, 0) is 4.79 Å². The minimum Gasteiger partial charge on any atom is -0.487 e. The molecular weight excluding hydrogens is 423 g/mol. The van der Waals surface area contributed by atoms with Gasteiger partial charge in [0.05, 0.1) is 6.20 Å².